The Bertz CT molecular complexity index is 636. The highest BCUT2D eigenvalue weighted by molar-refractivity contribution is 5.98. The fourth-order valence-electron chi connectivity index (χ4n) is 3.65. The Labute approximate surface area is 107 Å². The molecule has 1 N–H and O–H groups in total. The molecule has 2 nitrogen and oxygen atoms in total. The van der Waals surface area contributed by atoms with Crippen LogP contribution in [0.4, 0.5) is 0 Å². The fourth-order valence-corrected chi connectivity index (χ4v) is 3.65. The van der Waals surface area contributed by atoms with E-state index in [-0.39, 0.29) is 0 Å². The molecule has 92 valence electrons. The summed E-state index contributed by atoms with van der Waals surface area (Å²) in [5.74, 6) is 0. The maximum Gasteiger partial charge on any atom is 0.0462 e. The van der Waals surface area contributed by atoms with Crippen LogP contribution in [0.25, 0.3) is 16.5 Å². The molecule has 18 heavy (non-hydrogen) atoms. The zero-order chi connectivity index (χ0) is 12.1. The largest absolute Gasteiger partial charge is 0.361 e. The average Bonchev–Trinajstić information content (AvgIpc) is 2.83. The van der Waals surface area contributed by atoms with E-state index in [9.17, 15) is 0 Å². The number of hydrogen-bond donors (Lipinski definition) is 1. The summed E-state index contributed by atoms with van der Waals surface area (Å²) in [6.07, 6.45) is 7.02. The van der Waals surface area contributed by atoms with Gasteiger partial charge in [0.15, 0.2) is 0 Å². The van der Waals surface area contributed by atoms with Gasteiger partial charge in [0, 0.05) is 29.7 Å². The molecule has 0 saturated heterocycles. The van der Waals surface area contributed by atoms with Crippen molar-refractivity contribution >= 4 is 16.5 Å². The van der Waals surface area contributed by atoms with E-state index < -0.39 is 0 Å². The number of nitrogens with zero attached hydrogens (tertiary/aromatic N) is 1. The van der Waals surface area contributed by atoms with Gasteiger partial charge in [0.1, 0.15) is 0 Å². The van der Waals surface area contributed by atoms with Crippen molar-refractivity contribution in [2.45, 2.75) is 25.8 Å². The van der Waals surface area contributed by atoms with Gasteiger partial charge in [0.25, 0.3) is 0 Å². The number of likely N-dealkylation sites (N-methyl/N-ethyl adjacent to an activating group) is 1. The van der Waals surface area contributed by atoms with Crippen molar-refractivity contribution in [1.82, 2.24) is 9.88 Å². The smallest absolute Gasteiger partial charge is 0.0462 e. The lowest BCUT2D eigenvalue weighted by Crippen LogP contribution is -2.41. The minimum atomic E-state index is 0.595. The van der Waals surface area contributed by atoms with Crippen LogP contribution in [0.1, 0.15) is 24.5 Å². The molecule has 1 unspecified atom stereocenters. The first-order valence-corrected chi connectivity index (χ1v) is 6.92. The number of benzene rings is 1. The van der Waals surface area contributed by atoms with E-state index in [1.54, 1.807) is 5.57 Å². The highest BCUT2D eigenvalue weighted by Gasteiger charge is 2.31. The van der Waals surface area contributed by atoms with Crippen LogP contribution in [0.2, 0.25) is 0 Å². The number of rotatable bonds is 1. The van der Waals surface area contributed by atoms with Gasteiger partial charge in [-0.3, -0.25) is 4.90 Å². The molecule has 2 heterocycles. The zero-order valence-electron chi connectivity index (χ0n) is 10.7. The Morgan fingerprint density at radius 2 is 2.33 bits per heavy atom. The number of aromatic amines is 1. The fraction of sp³-hybridized carbons (Fsp3) is 0.375. The average molecular weight is 238 g/mol. The molecule has 1 aromatic heterocycles. The molecule has 4 rings (SSSR count). The first-order valence-electron chi connectivity index (χ1n) is 6.92. The van der Waals surface area contributed by atoms with Crippen LogP contribution in [0, 0.1) is 0 Å². The van der Waals surface area contributed by atoms with Crippen LogP contribution in [-0.2, 0) is 6.42 Å². The van der Waals surface area contributed by atoms with Crippen molar-refractivity contribution < 1.29 is 0 Å². The van der Waals surface area contributed by atoms with E-state index in [2.05, 4.69) is 47.3 Å². The quantitative estimate of drug-likeness (QED) is 0.808. The summed E-state index contributed by atoms with van der Waals surface area (Å²) in [5, 5.41) is 1.46. The van der Waals surface area contributed by atoms with Gasteiger partial charge in [-0.2, -0.15) is 0 Å². The first-order chi connectivity index (χ1) is 8.88. The second-order valence-electron chi connectivity index (χ2n) is 5.34. The molecule has 0 amide bonds. The molecule has 0 spiro atoms. The predicted octanol–water partition coefficient (Wildman–Crippen LogP) is 3.20. The van der Waals surface area contributed by atoms with E-state index in [4.69, 9.17) is 0 Å². The van der Waals surface area contributed by atoms with E-state index >= 15 is 0 Å². The van der Waals surface area contributed by atoms with Crippen molar-refractivity contribution in [1.29, 1.82) is 0 Å². The van der Waals surface area contributed by atoms with Gasteiger partial charge in [-0.05, 0) is 42.2 Å². The molecule has 0 bridgehead atoms. The molecular formula is C16H18N2. The van der Waals surface area contributed by atoms with E-state index in [0.29, 0.717) is 6.04 Å². The van der Waals surface area contributed by atoms with E-state index in [1.165, 1.54) is 35.0 Å². The molecule has 1 aliphatic heterocycles. The molecule has 0 radical (unpaired) electrons. The molecular weight excluding hydrogens is 220 g/mol. The number of nitrogens with one attached hydrogen (secondary N) is 1. The number of aromatic nitrogens is 1. The monoisotopic (exact) mass is 238 g/mol. The van der Waals surface area contributed by atoms with E-state index in [0.717, 1.165) is 13.0 Å². The van der Waals surface area contributed by atoms with Gasteiger partial charge in [-0.25, -0.2) is 0 Å². The SMILES string of the molecule is CCN1CCC=C2c3cccc4[nH]cc(c34)CC21. The lowest BCUT2D eigenvalue weighted by molar-refractivity contribution is 0.241. The maximum atomic E-state index is 3.42. The number of H-pyrrole nitrogens is 1. The Morgan fingerprint density at radius 3 is 3.22 bits per heavy atom. The summed E-state index contributed by atoms with van der Waals surface area (Å²) < 4.78 is 0. The van der Waals surface area contributed by atoms with Gasteiger partial charge in [0.2, 0.25) is 0 Å². The van der Waals surface area contributed by atoms with Crippen LogP contribution in [0.3, 0.4) is 0 Å². The van der Waals surface area contributed by atoms with Crippen molar-refractivity contribution in [2.24, 2.45) is 0 Å². The van der Waals surface area contributed by atoms with Crippen molar-refractivity contribution in [3.8, 4) is 0 Å². The van der Waals surface area contributed by atoms with Gasteiger partial charge >= 0.3 is 0 Å². The number of hydrogen-bond acceptors (Lipinski definition) is 1. The highest BCUT2D eigenvalue weighted by Crippen LogP contribution is 2.39. The summed E-state index contributed by atoms with van der Waals surface area (Å²) in [4.78, 5) is 6.03. The van der Waals surface area contributed by atoms with Gasteiger partial charge in [0.05, 0.1) is 0 Å². The molecule has 2 aromatic rings. The normalized spacial score (nSPS) is 22.9. The second kappa shape index (κ2) is 3.72. The van der Waals surface area contributed by atoms with Crippen molar-refractivity contribution in [2.75, 3.05) is 13.1 Å². The third kappa shape index (κ3) is 1.27. The third-order valence-electron chi connectivity index (χ3n) is 4.50. The van der Waals surface area contributed by atoms with Gasteiger partial charge < -0.3 is 4.98 Å². The first kappa shape index (κ1) is 10.4. The van der Waals surface area contributed by atoms with E-state index in [1.807, 2.05) is 0 Å². The molecule has 1 aliphatic carbocycles. The molecule has 2 heteroatoms. The Hall–Kier alpha value is -1.54. The van der Waals surface area contributed by atoms with Gasteiger partial charge in [-0.1, -0.05) is 25.1 Å². The van der Waals surface area contributed by atoms with Crippen LogP contribution >= 0.6 is 0 Å². The molecule has 1 atom stereocenters. The minimum absolute atomic E-state index is 0.595. The van der Waals surface area contributed by atoms with Gasteiger partial charge in [-0.15, -0.1) is 0 Å². The molecule has 1 aromatic carbocycles. The van der Waals surface area contributed by atoms with Crippen molar-refractivity contribution in [3.63, 3.8) is 0 Å². The summed E-state index contributed by atoms with van der Waals surface area (Å²) in [6.45, 7) is 4.63. The van der Waals surface area contributed by atoms with Crippen LogP contribution in [0.5, 0.6) is 0 Å². The topological polar surface area (TPSA) is 19.0 Å². The summed E-state index contributed by atoms with van der Waals surface area (Å²) in [5.41, 5.74) is 5.79. The predicted molar refractivity (Wildman–Crippen MR) is 75.6 cm³/mol. The lowest BCUT2D eigenvalue weighted by Gasteiger charge is -2.38. The maximum absolute atomic E-state index is 3.42. The molecule has 0 saturated carbocycles. The second-order valence-corrected chi connectivity index (χ2v) is 5.34. The Kier molecular flexibility index (Phi) is 2.15. The summed E-state index contributed by atoms with van der Waals surface area (Å²) >= 11 is 0. The van der Waals surface area contributed by atoms with Crippen LogP contribution < -0.4 is 0 Å². The zero-order valence-corrected chi connectivity index (χ0v) is 10.7. The van der Waals surface area contributed by atoms with Crippen LogP contribution in [0.15, 0.2) is 30.5 Å². The van der Waals surface area contributed by atoms with Crippen LogP contribution in [-0.4, -0.2) is 29.0 Å². The van der Waals surface area contributed by atoms with Crippen molar-refractivity contribution in [3.05, 3.63) is 41.6 Å². The minimum Gasteiger partial charge on any atom is -0.361 e. The lowest BCUT2D eigenvalue weighted by atomic mass is 9.82. The number of fused-ring (bicyclic) bond motifs is 2. The molecule has 0 fully saturated rings. The Morgan fingerprint density at radius 1 is 1.39 bits per heavy atom. The Balaban J connectivity index is 1.96. The summed E-state index contributed by atoms with van der Waals surface area (Å²) in [7, 11) is 0. The highest BCUT2D eigenvalue weighted by atomic mass is 15.2. The third-order valence-corrected chi connectivity index (χ3v) is 4.50. The standard InChI is InChI=1S/C16H18N2/c1-2-18-8-4-6-12-13-5-3-7-14-16(13)11(10-17-14)9-15(12)18/h3,5-7,10,15,17H,2,4,8-9H2,1H3. The summed E-state index contributed by atoms with van der Waals surface area (Å²) in [6, 6.07) is 7.24. The molecule has 2 aliphatic rings.